The van der Waals surface area contributed by atoms with Gasteiger partial charge in [-0.1, -0.05) is 41.9 Å². The summed E-state index contributed by atoms with van der Waals surface area (Å²) in [5.74, 6) is -0.323. The number of carbonyl (C=O) groups is 1. The van der Waals surface area contributed by atoms with Crippen LogP contribution in [-0.2, 0) is 0 Å². The number of halogens is 1. The van der Waals surface area contributed by atoms with E-state index >= 15 is 0 Å². The van der Waals surface area contributed by atoms with Crippen LogP contribution >= 0.6 is 11.6 Å². The van der Waals surface area contributed by atoms with Gasteiger partial charge in [-0.3, -0.25) is 4.79 Å². The molecule has 3 heteroatoms. The molecular weight excluding hydrogens is 248 g/mol. The quantitative estimate of drug-likeness (QED) is 0.858. The first kappa shape index (κ1) is 12.8. The lowest BCUT2D eigenvalue weighted by Gasteiger charge is -2.11. The highest BCUT2D eigenvalue weighted by molar-refractivity contribution is 6.31. The summed E-state index contributed by atoms with van der Waals surface area (Å²) in [5.41, 5.74) is 3.31. The van der Waals surface area contributed by atoms with Gasteiger partial charge in [0.25, 0.3) is 0 Å². The predicted molar refractivity (Wildman–Crippen MR) is 73.0 cm³/mol. The maximum atomic E-state index is 11.8. The van der Waals surface area contributed by atoms with E-state index in [1.165, 1.54) is 0 Å². The molecule has 0 radical (unpaired) electrons. The van der Waals surface area contributed by atoms with Crippen LogP contribution in [0.4, 0.5) is 0 Å². The molecule has 0 heterocycles. The molecule has 0 atom stereocenters. The lowest BCUT2D eigenvalue weighted by Crippen LogP contribution is -2.06. The Bertz CT molecular complexity index is 591. The van der Waals surface area contributed by atoms with E-state index in [-0.39, 0.29) is 5.78 Å². The number of aryl methyl sites for hydroxylation is 1. The molecule has 0 aliphatic rings. The highest BCUT2D eigenvalue weighted by Crippen LogP contribution is 2.29. The predicted octanol–water partition coefficient (Wildman–Crippen LogP) is 3.49. The summed E-state index contributed by atoms with van der Waals surface area (Å²) in [7, 11) is 0. The lowest BCUT2D eigenvalue weighted by atomic mass is 9.94. The van der Waals surface area contributed by atoms with Crippen molar-refractivity contribution in [1.29, 1.82) is 0 Å². The van der Waals surface area contributed by atoms with Crippen molar-refractivity contribution in [3.8, 4) is 11.1 Å². The third kappa shape index (κ3) is 2.45. The van der Waals surface area contributed by atoms with Crippen molar-refractivity contribution in [3.05, 3.63) is 58.6 Å². The second-order valence-electron chi connectivity index (χ2n) is 4.09. The molecule has 0 saturated carbocycles. The number of rotatable bonds is 3. The summed E-state index contributed by atoms with van der Waals surface area (Å²) in [6.07, 6.45) is 0. The molecule has 2 aromatic carbocycles. The fourth-order valence-corrected chi connectivity index (χ4v) is 2.11. The van der Waals surface area contributed by atoms with E-state index in [4.69, 9.17) is 16.7 Å². The van der Waals surface area contributed by atoms with Crippen LogP contribution in [0.5, 0.6) is 0 Å². The molecule has 0 aromatic heterocycles. The molecule has 0 aliphatic heterocycles. The number of aliphatic hydroxyl groups excluding tert-OH is 1. The molecule has 92 valence electrons. The van der Waals surface area contributed by atoms with Crippen molar-refractivity contribution in [3.63, 3.8) is 0 Å². The van der Waals surface area contributed by atoms with Gasteiger partial charge in [0, 0.05) is 10.6 Å². The summed E-state index contributed by atoms with van der Waals surface area (Å²) >= 11 is 5.91. The Morgan fingerprint density at radius 2 is 1.89 bits per heavy atom. The fourth-order valence-electron chi connectivity index (χ4n) is 1.94. The van der Waals surface area contributed by atoms with Crippen molar-refractivity contribution < 1.29 is 9.90 Å². The van der Waals surface area contributed by atoms with Gasteiger partial charge in [0.1, 0.15) is 6.61 Å². The Morgan fingerprint density at radius 3 is 2.56 bits per heavy atom. The lowest BCUT2D eigenvalue weighted by molar-refractivity contribution is 0.0904. The number of carbonyl (C=O) groups excluding carboxylic acids is 1. The topological polar surface area (TPSA) is 37.3 Å². The Labute approximate surface area is 111 Å². The first-order valence-corrected chi connectivity index (χ1v) is 6.01. The molecule has 2 rings (SSSR count). The van der Waals surface area contributed by atoms with E-state index in [0.29, 0.717) is 10.6 Å². The standard InChI is InChI=1S/C15H13ClO2/c1-10-4-2-3-5-12(10)13-7-6-11(16)8-14(13)15(18)9-17/h2-8,17H,9H2,1H3. The van der Waals surface area contributed by atoms with Crippen LogP contribution in [0, 0.1) is 6.92 Å². The zero-order chi connectivity index (χ0) is 13.1. The van der Waals surface area contributed by atoms with E-state index in [0.717, 1.165) is 16.7 Å². The monoisotopic (exact) mass is 260 g/mol. The SMILES string of the molecule is Cc1ccccc1-c1ccc(Cl)cc1C(=O)CO. The van der Waals surface area contributed by atoms with Crippen molar-refractivity contribution in [2.45, 2.75) is 6.92 Å². The molecule has 0 spiro atoms. The molecule has 2 nitrogen and oxygen atoms in total. The Balaban J connectivity index is 2.64. The second kappa shape index (κ2) is 5.34. The summed E-state index contributed by atoms with van der Waals surface area (Å²) in [5, 5.41) is 9.52. The normalized spacial score (nSPS) is 10.4. The molecular formula is C15H13ClO2. The zero-order valence-corrected chi connectivity index (χ0v) is 10.7. The number of aliphatic hydroxyl groups is 1. The highest BCUT2D eigenvalue weighted by atomic mass is 35.5. The summed E-state index contributed by atoms with van der Waals surface area (Å²) in [4.78, 5) is 11.8. The minimum Gasteiger partial charge on any atom is -0.388 e. The second-order valence-corrected chi connectivity index (χ2v) is 4.52. The van der Waals surface area contributed by atoms with E-state index in [1.807, 2.05) is 37.3 Å². The van der Waals surface area contributed by atoms with Crippen molar-refractivity contribution in [2.24, 2.45) is 0 Å². The van der Waals surface area contributed by atoms with Gasteiger partial charge in [-0.25, -0.2) is 0 Å². The summed E-state index contributed by atoms with van der Waals surface area (Å²) in [6, 6.07) is 13.0. The highest BCUT2D eigenvalue weighted by Gasteiger charge is 2.13. The minimum atomic E-state index is -0.515. The van der Waals surface area contributed by atoms with Gasteiger partial charge in [0.05, 0.1) is 0 Å². The fraction of sp³-hybridized carbons (Fsp3) is 0.133. The molecule has 0 amide bonds. The Hall–Kier alpha value is -1.64. The molecule has 18 heavy (non-hydrogen) atoms. The van der Waals surface area contributed by atoms with Gasteiger partial charge in [0.15, 0.2) is 5.78 Å². The maximum absolute atomic E-state index is 11.8. The zero-order valence-electron chi connectivity index (χ0n) is 9.98. The molecule has 0 bridgehead atoms. The molecule has 0 fully saturated rings. The van der Waals surface area contributed by atoms with Gasteiger partial charge >= 0.3 is 0 Å². The molecule has 2 aromatic rings. The van der Waals surface area contributed by atoms with E-state index in [2.05, 4.69) is 0 Å². The van der Waals surface area contributed by atoms with E-state index < -0.39 is 6.61 Å². The molecule has 0 saturated heterocycles. The molecule has 1 N–H and O–H groups in total. The van der Waals surface area contributed by atoms with Crippen LogP contribution in [0.3, 0.4) is 0 Å². The van der Waals surface area contributed by atoms with Crippen LogP contribution < -0.4 is 0 Å². The van der Waals surface area contributed by atoms with Gasteiger partial charge < -0.3 is 5.11 Å². The number of ketones is 1. The molecule has 0 aliphatic carbocycles. The van der Waals surface area contributed by atoms with Gasteiger partial charge in [0.2, 0.25) is 0 Å². The van der Waals surface area contributed by atoms with Crippen molar-refractivity contribution in [2.75, 3.05) is 6.61 Å². The van der Waals surface area contributed by atoms with Gasteiger partial charge in [-0.05, 0) is 35.7 Å². The van der Waals surface area contributed by atoms with Gasteiger partial charge in [-0.2, -0.15) is 0 Å². The van der Waals surface area contributed by atoms with Crippen molar-refractivity contribution >= 4 is 17.4 Å². The largest absolute Gasteiger partial charge is 0.388 e. The maximum Gasteiger partial charge on any atom is 0.188 e. The smallest absolute Gasteiger partial charge is 0.188 e. The number of hydrogen-bond donors (Lipinski definition) is 1. The number of hydrogen-bond acceptors (Lipinski definition) is 2. The third-order valence-electron chi connectivity index (χ3n) is 2.86. The van der Waals surface area contributed by atoms with Crippen LogP contribution in [0.2, 0.25) is 5.02 Å². The average Bonchev–Trinajstić information content (AvgIpc) is 2.39. The summed E-state index contributed by atoms with van der Waals surface area (Å²) < 4.78 is 0. The van der Waals surface area contributed by atoms with Crippen molar-refractivity contribution in [1.82, 2.24) is 0 Å². The Morgan fingerprint density at radius 1 is 1.17 bits per heavy atom. The van der Waals surface area contributed by atoms with E-state index in [1.54, 1.807) is 12.1 Å². The van der Waals surface area contributed by atoms with Crippen LogP contribution in [-0.4, -0.2) is 17.5 Å². The number of benzene rings is 2. The summed E-state index contributed by atoms with van der Waals surface area (Å²) in [6.45, 7) is 1.47. The molecule has 0 unspecified atom stereocenters. The first-order valence-electron chi connectivity index (χ1n) is 5.63. The van der Waals surface area contributed by atoms with Gasteiger partial charge in [-0.15, -0.1) is 0 Å². The van der Waals surface area contributed by atoms with Crippen LogP contribution in [0.1, 0.15) is 15.9 Å². The van der Waals surface area contributed by atoms with Crippen LogP contribution in [0.25, 0.3) is 11.1 Å². The minimum absolute atomic E-state index is 0.323. The first-order chi connectivity index (χ1) is 8.63. The van der Waals surface area contributed by atoms with Crippen LogP contribution in [0.15, 0.2) is 42.5 Å². The van der Waals surface area contributed by atoms with E-state index in [9.17, 15) is 4.79 Å². The number of Topliss-reactive ketones (excluding diaryl/α,β-unsaturated/α-hetero) is 1. The average molecular weight is 261 g/mol. The third-order valence-corrected chi connectivity index (χ3v) is 3.10. The Kier molecular flexibility index (Phi) is 3.80.